The van der Waals surface area contributed by atoms with Gasteiger partial charge in [-0.25, -0.2) is 0 Å². The fourth-order valence-corrected chi connectivity index (χ4v) is 2.55. The van der Waals surface area contributed by atoms with Crippen LogP contribution in [-0.4, -0.2) is 20.0 Å². The first-order valence-corrected chi connectivity index (χ1v) is 7.00. The second kappa shape index (κ2) is 5.13. The fraction of sp³-hybridized carbons (Fsp3) is 0.235. The Kier molecular flexibility index (Phi) is 3.29. The van der Waals surface area contributed by atoms with Crippen LogP contribution in [0.2, 0.25) is 0 Å². The zero-order chi connectivity index (χ0) is 15.0. The van der Waals surface area contributed by atoms with Gasteiger partial charge in [-0.3, -0.25) is 4.79 Å². The second-order valence-corrected chi connectivity index (χ2v) is 5.60. The lowest BCUT2D eigenvalue weighted by Crippen LogP contribution is -2.19. The molecule has 108 valence electrons. The Balaban J connectivity index is 1.85. The molecule has 0 spiro atoms. The predicted molar refractivity (Wildman–Crippen MR) is 86.9 cm³/mol. The van der Waals surface area contributed by atoms with E-state index in [1.54, 1.807) is 0 Å². The van der Waals surface area contributed by atoms with E-state index in [1.807, 2.05) is 62.3 Å². The fourth-order valence-electron chi connectivity index (χ4n) is 2.55. The van der Waals surface area contributed by atoms with Gasteiger partial charge in [-0.15, -0.1) is 0 Å². The molecule has 1 unspecified atom stereocenters. The van der Waals surface area contributed by atoms with E-state index in [0.717, 1.165) is 28.2 Å². The molecule has 0 saturated carbocycles. The van der Waals surface area contributed by atoms with Crippen molar-refractivity contribution in [1.82, 2.24) is 0 Å². The van der Waals surface area contributed by atoms with Crippen molar-refractivity contribution in [2.45, 2.75) is 13.0 Å². The van der Waals surface area contributed by atoms with Crippen molar-refractivity contribution in [3.8, 4) is 0 Å². The zero-order valence-electron chi connectivity index (χ0n) is 12.5. The van der Waals surface area contributed by atoms with Crippen LogP contribution in [0, 0.1) is 6.92 Å². The third-order valence-corrected chi connectivity index (χ3v) is 3.73. The molecule has 1 atom stereocenters. The van der Waals surface area contributed by atoms with E-state index in [-0.39, 0.29) is 11.9 Å². The maximum atomic E-state index is 12.1. The summed E-state index contributed by atoms with van der Waals surface area (Å²) in [6, 6.07) is 13.8. The molecule has 1 heterocycles. The molecule has 4 nitrogen and oxygen atoms in total. The molecule has 3 rings (SSSR count). The summed E-state index contributed by atoms with van der Waals surface area (Å²) in [6.45, 7) is 2.03. The molecule has 0 saturated heterocycles. The number of nitrogens with zero attached hydrogens (tertiary/aromatic N) is 1. The minimum absolute atomic E-state index is 0.00714. The highest BCUT2D eigenvalue weighted by Gasteiger charge is 2.30. The maximum Gasteiger partial charge on any atom is 0.251 e. The Morgan fingerprint density at radius 3 is 2.48 bits per heavy atom. The monoisotopic (exact) mass is 281 g/mol. The molecule has 0 fully saturated rings. The molecular weight excluding hydrogens is 262 g/mol. The predicted octanol–water partition coefficient (Wildman–Crippen LogP) is 3.17. The lowest BCUT2D eigenvalue weighted by molar-refractivity contribution is -0.116. The average molecular weight is 281 g/mol. The quantitative estimate of drug-likeness (QED) is 0.908. The molecule has 0 bridgehead atoms. The van der Waals surface area contributed by atoms with E-state index >= 15 is 0 Å². The average Bonchev–Trinajstić information content (AvgIpc) is 2.76. The Labute approximate surface area is 124 Å². The van der Waals surface area contributed by atoms with Crippen LogP contribution in [0.15, 0.2) is 42.5 Å². The summed E-state index contributed by atoms with van der Waals surface area (Å²) in [5.41, 5.74) is 5.13. The molecule has 2 aromatic rings. The Morgan fingerprint density at radius 1 is 1.10 bits per heavy atom. The molecule has 21 heavy (non-hydrogen) atoms. The molecule has 2 aromatic carbocycles. The molecule has 1 aliphatic heterocycles. The number of nitrogens with one attached hydrogen (secondary N) is 2. The summed E-state index contributed by atoms with van der Waals surface area (Å²) in [7, 11) is 4.01. The number of hydrogen-bond donors (Lipinski definition) is 2. The van der Waals surface area contributed by atoms with Gasteiger partial charge in [0.2, 0.25) is 0 Å². The summed E-state index contributed by atoms with van der Waals surface area (Å²) in [4.78, 5) is 14.2. The first kappa shape index (κ1) is 13.5. The number of amides is 1. The van der Waals surface area contributed by atoms with Crippen LogP contribution in [-0.2, 0) is 4.79 Å². The van der Waals surface area contributed by atoms with Crippen LogP contribution in [0.4, 0.5) is 17.1 Å². The topological polar surface area (TPSA) is 44.4 Å². The summed E-state index contributed by atoms with van der Waals surface area (Å²) in [5, 5.41) is 6.22. The Bertz CT molecular complexity index is 677. The van der Waals surface area contributed by atoms with Gasteiger partial charge in [-0.1, -0.05) is 17.7 Å². The van der Waals surface area contributed by atoms with Crippen molar-refractivity contribution in [3.05, 3.63) is 53.6 Å². The van der Waals surface area contributed by atoms with E-state index in [4.69, 9.17) is 0 Å². The number of hydrogen-bond acceptors (Lipinski definition) is 3. The standard InChI is InChI=1S/C17H19N3O/c1-11-4-9-15-14(10-11)16(17(21)19-15)18-12-5-7-13(8-6-12)20(2)3/h4-10,16,18H,1-3H3,(H,19,21). The summed E-state index contributed by atoms with van der Waals surface area (Å²) in [5.74, 6) is -0.00714. The second-order valence-electron chi connectivity index (χ2n) is 5.60. The number of carbonyl (C=O) groups excluding carboxylic acids is 1. The molecular formula is C17H19N3O. The number of carbonyl (C=O) groups is 1. The van der Waals surface area contributed by atoms with Gasteiger partial charge in [0.05, 0.1) is 0 Å². The van der Waals surface area contributed by atoms with Gasteiger partial charge < -0.3 is 15.5 Å². The van der Waals surface area contributed by atoms with Crippen molar-refractivity contribution in [3.63, 3.8) is 0 Å². The molecule has 4 heteroatoms. The van der Waals surface area contributed by atoms with Gasteiger partial charge in [0.1, 0.15) is 6.04 Å². The number of fused-ring (bicyclic) bond motifs is 1. The molecule has 0 aliphatic carbocycles. The Hall–Kier alpha value is -2.49. The van der Waals surface area contributed by atoms with Gasteiger partial charge in [0, 0.05) is 36.7 Å². The zero-order valence-corrected chi connectivity index (χ0v) is 12.5. The molecule has 1 aliphatic rings. The largest absolute Gasteiger partial charge is 0.378 e. The normalized spacial score (nSPS) is 16.3. The molecule has 0 aromatic heterocycles. The van der Waals surface area contributed by atoms with E-state index in [0.29, 0.717) is 0 Å². The maximum absolute atomic E-state index is 12.1. The lowest BCUT2D eigenvalue weighted by Gasteiger charge is -2.16. The van der Waals surface area contributed by atoms with Crippen molar-refractivity contribution in [1.29, 1.82) is 0 Å². The van der Waals surface area contributed by atoms with Crippen molar-refractivity contribution in [2.24, 2.45) is 0 Å². The van der Waals surface area contributed by atoms with Crippen LogP contribution < -0.4 is 15.5 Å². The highest BCUT2D eigenvalue weighted by atomic mass is 16.2. The summed E-state index contributed by atoms with van der Waals surface area (Å²) in [6.07, 6.45) is 0. The Morgan fingerprint density at radius 2 is 1.81 bits per heavy atom. The van der Waals surface area contributed by atoms with Crippen LogP contribution in [0.3, 0.4) is 0 Å². The van der Waals surface area contributed by atoms with E-state index in [1.165, 1.54) is 0 Å². The first-order chi connectivity index (χ1) is 10.0. The number of anilines is 3. The number of aryl methyl sites for hydroxylation is 1. The van der Waals surface area contributed by atoms with Crippen molar-refractivity contribution in [2.75, 3.05) is 29.6 Å². The van der Waals surface area contributed by atoms with Crippen molar-refractivity contribution < 1.29 is 4.79 Å². The number of benzene rings is 2. The molecule has 0 radical (unpaired) electrons. The van der Waals surface area contributed by atoms with Gasteiger partial charge >= 0.3 is 0 Å². The van der Waals surface area contributed by atoms with Gasteiger partial charge in [-0.05, 0) is 37.3 Å². The summed E-state index contributed by atoms with van der Waals surface area (Å²) >= 11 is 0. The highest BCUT2D eigenvalue weighted by molar-refractivity contribution is 6.04. The van der Waals surface area contributed by atoms with Gasteiger partial charge in [0.15, 0.2) is 0 Å². The van der Waals surface area contributed by atoms with E-state index in [2.05, 4.69) is 16.7 Å². The third-order valence-electron chi connectivity index (χ3n) is 3.73. The van der Waals surface area contributed by atoms with Crippen LogP contribution in [0.5, 0.6) is 0 Å². The van der Waals surface area contributed by atoms with Gasteiger partial charge in [0.25, 0.3) is 5.91 Å². The lowest BCUT2D eigenvalue weighted by atomic mass is 10.1. The van der Waals surface area contributed by atoms with Crippen molar-refractivity contribution >= 4 is 23.0 Å². The smallest absolute Gasteiger partial charge is 0.251 e. The summed E-state index contributed by atoms with van der Waals surface area (Å²) < 4.78 is 0. The highest BCUT2D eigenvalue weighted by Crippen LogP contribution is 2.34. The van der Waals surface area contributed by atoms with Crippen LogP contribution >= 0.6 is 0 Å². The van der Waals surface area contributed by atoms with E-state index in [9.17, 15) is 4.79 Å². The first-order valence-electron chi connectivity index (χ1n) is 7.00. The molecule has 2 N–H and O–H groups in total. The van der Waals surface area contributed by atoms with Crippen LogP contribution in [0.25, 0.3) is 0 Å². The minimum Gasteiger partial charge on any atom is -0.378 e. The SMILES string of the molecule is Cc1ccc2c(c1)C(Nc1ccc(N(C)C)cc1)C(=O)N2. The van der Waals surface area contributed by atoms with Gasteiger partial charge in [-0.2, -0.15) is 0 Å². The molecule has 1 amide bonds. The number of rotatable bonds is 3. The minimum atomic E-state index is -0.329. The third kappa shape index (κ3) is 2.57. The van der Waals surface area contributed by atoms with E-state index < -0.39 is 0 Å². The van der Waals surface area contributed by atoms with Crippen LogP contribution in [0.1, 0.15) is 17.2 Å².